The molecule has 1 saturated heterocycles. The van der Waals surface area contributed by atoms with E-state index in [0.717, 1.165) is 19.8 Å². The summed E-state index contributed by atoms with van der Waals surface area (Å²) < 4.78 is 9.92. The van der Waals surface area contributed by atoms with E-state index in [9.17, 15) is 9.59 Å². The van der Waals surface area contributed by atoms with Crippen LogP contribution in [-0.4, -0.2) is 83.0 Å². The summed E-state index contributed by atoms with van der Waals surface area (Å²) >= 11 is 6.83. The third kappa shape index (κ3) is 45.2. The van der Waals surface area contributed by atoms with Crippen LogP contribution in [0.3, 0.4) is 0 Å². The monoisotopic (exact) mass is 348 g/mol. The smallest absolute Gasteiger partial charge is 0.313 e. The van der Waals surface area contributed by atoms with E-state index >= 15 is 0 Å². The highest BCUT2D eigenvalue weighted by molar-refractivity contribution is 7.81. The van der Waals surface area contributed by atoms with Gasteiger partial charge in [-0.25, -0.2) is 0 Å². The summed E-state index contributed by atoms with van der Waals surface area (Å²) in [6.45, 7) is 4.23. The standard InChI is InChI=1S/C5H10O2.2C2H4O2S.C2H6O2/c1-2-6-3-5-4-7-5;2*3-2(4)1-5;3-1-2-4/h5H,2-4H2,1H3;2*5H,1H2,(H,3,4);3-4H,1-2H2. The van der Waals surface area contributed by atoms with E-state index in [1.807, 2.05) is 6.92 Å². The summed E-state index contributed by atoms with van der Waals surface area (Å²) in [5, 5.41) is 30.5. The van der Waals surface area contributed by atoms with Crippen molar-refractivity contribution in [2.45, 2.75) is 13.0 Å². The zero-order valence-corrected chi connectivity index (χ0v) is 13.6. The maximum Gasteiger partial charge on any atom is 0.313 e. The molecule has 0 radical (unpaired) electrons. The minimum absolute atomic E-state index is 0.0833. The lowest BCUT2D eigenvalue weighted by Crippen LogP contribution is -1.99. The van der Waals surface area contributed by atoms with E-state index in [1.54, 1.807) is 0 Å². The number of aliphatic hydroxyl groups is 2. The second kappa shape index (κ2) is 21.8. The average Bonchev–Trinajstić information content (AvgIpc) is 3.30. The summed E-state index contributed by atoms with van der Waals surface area (Å²) in [6.07, 6.45) is 0.431. The molecule has 128 valence electrons. The largest absolute Gasteiger partial charge is 0.481 e. The van der Waals surface area contributed by atoms with Gasteiger partial charge in [-0.3, -0.25) is 9.59 Å². The lowest BCUT2D eigenvalue weighted by atomic mass is 10.5. The molecule has 21 heavy (non-hydrogen) atoms. The molecule has 0 bridgehead atoms. The fraction of sp³-hybridized carbons (Fsp3) is 0.818. The van der Waals surface area contributed by atoms with Crippen molar-refractivity contribution in [2.24, 2.45) is 0 Å². The Kier molecular flexibility index (Phi) is 26.4. The molecule has 1 rings (SSSR count). The summed E-state index contributed by atoms with van der Waals surface area (Å²) in [5.41, 5.74) is 0. The number of thiol groups is 2. The number of aliphatic carboxylic acids is 2. The van der Waals surface area contributed by atoms with Gasteiger partial charge in [-0.1, -0.05) is 0 Å². The highest BCUT2D eigenvalue weighted by Gasteiger charge is 2.21. The first-order valence-electron chi connectivity index (χ1n) is 5.95. The molecular formula is C11H24O8S2. The van der Waals surface area contributed by atoms with Gasteiger partial charge in [0.25, 0.3) is 0 Å². The van der Waals surface area contributed by atoms with E-state index in [1.165, 1.54) is 0 Å². The fourth-order valence-electron chi connectivity index (χ4n) is 0.414. The van der Waals surface area contributed by atoms with E-state index in [4.69, 9.17) is 29.9 Å². The Labute approximate surface area is 134 Å². The minimum atomic E-state index is -0.881. The van der Waals surface area contributed by atoms with Gasteiger partial charge in [-0.15, -0.1) is 0 Å². The van der Waals surface area contributed by atoms with Crippen LogP contribution in [0.25, 0.3) is 0 Å². The molecular weight excluding hydrogens is 324 g/mol. The molecule has 10 heteroatoms. The first-order chi connectivity index (χ1) is 9.89. The molecule has 8 nitrogen and oxygen atoms in total. The van der Waals surface area contributed by atoms with Crippen molar-refractivity contribution >= 4 is 37.2 Å². The second-order valence-corrected chi connectivity index (χ2v) is 3.80. The Morgan fingerprint density at radius 1 is 1.14 bits per heavy atom. The third-order valence-corrected chi connectivity index (χ3v) is 1.82. The van der Waals surface area contributed by atoms with Crippen LogP contribution in [0.1, 0.15) is 6.92 Å². The van der Waals surface area contributed by atoms with Crippen LogP contribution < -0.4 is 0 Å². The summed E-state index contributed by atoms with van der Waals surface area (Å²) in [5.74, 6) is -1.93. The number of carboxylic acid groups (broad SMARTS) is 2. The van der Waals surface area contributed by atoms with Gasteiger partial charge < -0.3 is 29.9 Å². The average molecular weight is 348 g/mol. The van der Waals surface area contributed by atoms with Gasteiger partial charge in [-0.05, 0) is 6.92 Å². The predicted molar refractivity (Wildman–Crippen MR) is 83.4 cm³/mol. The molecule has 0 aromatic carbocycles. The third-order valence-electron chi connectivity index (χ3n) is 1.28. The van der Waals surface area contributed by atoms with E-state index in [0.29, 0.717) is 6.10 Å². The molecule has 4 N–H and O–H groups in total. The van der Waals surface area contributed by atoms with Crippen molar-refractivity contribution in [1.82, 2.24) is 0 Å². The zero-order chi connectivity index (χ0) is 17.1. The van der Waals surface area contributed by atoms with Crippen LogP contribution in [0.5, 0.6) is 0 Å². The quantitative estimate of drug-likeness (QED) is 0.276. The lowest BCUT2D eigenvalue weighted by molar-refractivity contribution is -0.134. The minimum Gasteiger partial charge on any atom is -0.481 e. The van der Waals surface area contributed by atoms with Crippen LogP contribution in [0, 0.1) is 0 Å². The van der Waals surface area contributed by atoms with Gasteiger partial charge in [-0.2, -0.15) is 25.3 Å². The van der Waals surface area contributed by atoms with Crippen LogP contribution in [0.4, 0.5) is 0 Å². The SMILES string of the molecule is CCOCC1CO1.O=C(O)CS.O=C(O)CS.OCCO. The number of epoxide rings is 1. The second-order valence-electron chi connectivity index (χ2n) is 3.17. The van der Waals surface area contributed by atoms with Crippen LogP contribution in [0.2, 0.25) is 0 Å². The number of hydrogen-bond donors (Lipinski definition) is 6. The van der Waals surface area contributed by atoms with Gasteiger partial charge in [0.2, 0.25) is 0 Å². The van der Waals surface area contributed by atoms with Crippen molar-refractivity contribution in [3.63, 3.8) is 0 Å². The maximum atomic E-state index is 9.29. The molecule has 0 amide bonds. The summed E-state index contributed by atoms with van der Waals surface area (Å²) in [4.78, 5) is 18.6. The van der Waals surface area contributed by atoms with Gasteiger partial charge in [0, 0.05) is 6.61 Å². The van der Waals surface area contributed by atoms with Crippen LogP contribution in [-0.2, 0) is 19.1 Å². The molecule has 0 aromatic rings. The Morgan fingerprint density at radius 3 is 1.62 bits per heavy atom. The summed E-state index contributed by atoms with van der Waals surface area (Å²) in [6, 6.07) is 0. The van der Waals surface area contributed by atoms with E-state index in [2.05, 4.69) is 25.3 Å². The maximum absolute atomic E-state index is 9.29. The number of hydrogen-bond acceptors (Lipinski definition) is 8. The van der Waals surface area contributed by atoms with Crippen molar-refractivity contribution in [3.8, 4) is 0 Å². The van der Waals surface area contributed by atoms with Gasteiger partial charge >= 0.3 is 11.9 Å². The molecule has 1 heterocycles. The molecule has 0 aliphatic carbocycles. The summed E-state index contributed by atoms with van der Waals surface area (Å²) in [7, 11) is 0. The van der Waals surface area contributed by atoms with Crippen molar-refractivity contribution in [3.05, 3.63) is 0 Å². The first-order valence-corrected chi connectivity index (χ1v) is 7.22. The number of carbonyl (C=O) groups is 2. The number of aliphatic hydroxyl groups excluding tert-OH is 2. The topological polar surface area (TPSA) is 137 Å². The van der Waals surface area contributed by atoms with E-state index in [-0.39, 0.29) is 24.7 Å². The van der Waals surface area contributed by atoms with Crippen molar-refractivity contribution < 1.29 is 39.5 Å². The molecule has 0 saturated carbocycles. The molecule has 1 aliphatic heterocycles. The number of carboxylic acids is 2. The van der Waals surface area contributed by atoms with E-state index < -0.39 is 11.9 Å². The molecule has 0 aromatic heterocycles. The molecule has 0 spiro atoms. The Hall–Kier alpha value is -0.520. The fourth-order valence-corrected chi connectivity index (χ4v) is 0.414. The normalized spacial score (nSPS) is 14.2. The molecule has 1 aliphatic rings. The highest BCUT2D eigenvalue weighted by Crippen LogP contribution is 2.07. The molecule has 1 unspecified atom stereocenters. The van der Waals surface area contributed by atoms with Gasteiger partial charge in [0.05, 0.1) is 37.9 Å². The van der Waals surface area contributed by atoms with Gasteiger partial charge in [0.15, 0.2) is 0 Å². The predicted octanol–water partition coefficient (Wildman–Crippen LogP) is -0.606. The number of rotatable bonds is 6. The zero-order valence-electron chi connectivity index (χ0n) is 11.8. The van der Waals surface area contributed by atoms with Crippen LogP contribution in [0.15, 0.2) is 0 Å². The molecule has 1 fully saturated rings. The number of ether oxygens (including phenoxy) is 2. The van der Waals surface area contributed by atoms with Crippen molar-refractivity contribution in [2.75, 3.05) is 44.5 Å². The Bertz CT molecular complexity index is 220. The molecule has 1 atom stereocenters. The lowest BCUT2D eigenvalue weighted by Gasteiger charge is -1.91. The van der Waals surface area contributed by atoms with Gasteiger partial charge in [0.1, 0.15) is 6.10 Å². The highest BCUT2D eigenvalue weighted by atomic mass is 32.1. The van der Waals surface area contributed by atoms with Crippen LogP contribution >= 0.6 is 25.3 Å². The Balaban J connectivity index is -0.000000212. The first kappa shape index (κ1) is 25.4. The Morgan fingerprint density at radius 2 is 1.48 bits per heavy atom. The van der Waals surface area contributed by atoms with Crippen molar-refractivity contribution in [1.29, 1.82) is 0 Å².